The number of aromatic amines is 1. The van der Waals surface area contributed by atoms with Crippen LogP contribution in [0.3, 0.4) is 0 Å². The van der Waals surface area contributed by atoms with Crippen molar-refractivity contribution in [1.82, 2.24) is 24.7 Å². The van der Waals surface area contributed by atoms with E-state index in [1.807, 2.05) is 29.7 Å². The molecule has 0 spiro atoms. The highest BCUT2D eigenvalue weighted by molar-refractivity contribution is 7.89. The van der Waals surface area contributed by atoms with Gasteiger partial charge in [-0.3, -0.25) is 5.10 Å². The summed E-state index contributed by atoms with van der Waals surface area (Å²) >= 11 is 0. The highest BCUT2D eigenvalue weighted by atomic mass is 32.2. The van der Waals surface area contributed by atoms with Gasteiger partial charge in [-0.25, -0.2) is 22.3 Å². The topological polar surface area (TPSA) is 110 Å². The van der Waals surface area contributed by atoms with E-state index in [-0.39, 0.29) is 46.7 Å². The second-order valence-electron chi connectivity index (χ2n) is 8.99. The van der Waals surface area contributed by atoms with Crippen LogP contribution in [0.2, 0.25) is 0 Å². The number of sulfonamides is 1. The Morgan fingerprint density at radius 2 is 2.06 bits per heavy atom. The highest BCUT2D eigenvalue weighted by Gasteiger charge is 2.39. The summed E-state index contributed by atoms with van der Waals surface area (Å²) in [7, 11) is -3.62. The van der Waals surface area contributed by atoms with Gasteiger partial charge >= 0.3 is 6.03 Å². The van der Waals surface area contributed by atoms with Crippen molar-refractivity contribution in [3.05, 3.63) is 35.3 Å². The first-order valence-electron chi connectivity index (χ1n) is 10.9. The molecule has 1 aliphatic carbocycles. The van der Waals surface area contributed by atoms with Crippen LogP contribution in [-0.4, -0.2) is 59.6 Å². The van der Waals surface area contributed by atoms with Crippen molar-refractivity contribution in [1.29, 1.82) is 0 Å². The Labute approximate surface area is 186 Å². The van der Waals surface area contributed by atoms with E-state index in [4.69, 9.17) is 0 Å². The fourth-order valence-electron chi connectivity index (χ4n) is 5.02. The van der Waals surface area contributed by atoms with Crippen molar-refractivity contribution in [3.8, 4) is 0 Å². The molecular weight excluding hydrogens is 435 g/mol. The zero-order chi connectivity index (χ0) is 22.6. The summed E-state index contributed by atoms with van der Waals surface area (Å²) in [4.78, 5) is 16.6. The highest BCUT2D eigenvalue weighted by Crippen LogP contribution is 2.38. The van der Waals surface area contributed by atoms with Crippen molar-refractivity contribution < 1.29 is 17.6 Å². The number of anilines is 2. The average molecular weight is 463 g/mol. The molecule has 5 rings (SSSR count). The zero-order valence-corrected chi connectivity index (χ0v) is 18.9. The van der Waals surface area contributed by atoms with Crippen LogP contribution in [0, 0.1) is 5.82 Å². The zero-order valence-electron chi connectivity index (χ0n) is 18.1. The molecular formula is C21H27FN6O3S. The minimum Gasteiger partial charge on any atom is -0.336 e. The first-order chi connectivity index (χ1) is 15.2. The Morgan fingerprint density at radius 1 is 1.25 bits per heavy atom. The van der Waals surface area contributed by atoms with Crippen molar-refractivity contribution in [2.45, 2.75) is 62.6 Å². The molecule has 1 aromatic carbocycles. The number of rotatable bonds is 5. The summed E-state index contributed by atoms with van der Waals surface area (Å²) in [5, 5.41) is 10.3. The number of benzene rings is 1. The summed E-state index contributed by atoms with van der Waals surface area (Å²) in [6.45, 7) is 5.57. The van der Waals surface area contributed by atoms with Gasteiger partial charge in [-0.1, -0.05) is 0 Å². The number of carbonyl (C=O) groups is 1. The molecule has 0 unspecified atom stereocenters. The number of carbonyl (C=O) groups excluding carboxylic acids is 1. The van der Waals surface area contributed by atoms with Crippen LogP contribution in [-0.2, 0) is 16.6 Å². The lowest BCUT2D eigenvalue weighted by molar-refractivity contribution is 0.170. The minimum atomic E-state index is -3.62. The molecule has 3 aliphatic rings. The van der Waals surface area contributed by atoms with Crippen molar-refractivity contribution in [2.24, 2.45) is 0 Å². The standard InChI is InChI=1S/C21H27FN6O3S/c1-12(2)27-7-8-28(21(27)29)14-4-3-13(9-14)17-10-19(26-25-17)24-16-5-6-18-15(20(16)22)11-23-32(18,30)31/h5-6,10,12-14,23H,3-4,7-9,11H2,1-2H3,(H2,24,25,26)/t13-,14+/m1/s1. The average Bonchev–Trinajstić information content (AvgIpc) is 3.50. The van der Waals surface area contributed by atoms with Crippen LogP contribution in [0.5, 0.6) is 0 Å². The Balaban J connectivity index is 1.26. The number of nitrogens with zero attached hydrogens (tertiary/aromatic N) is 3. The molecule has 2 atom stereocenters. The van der Waals surface area contributed by atoms with Gasteiger partial charge in [0.1, 0.15) is 0 Å². The van der Waals surface area contributed by atoms with Gasteiger partial charge < -0.3 is 15.1 Å². The van der Waals surface area contributed by atoms with E-state index in [9.17, 15) is 17.6 Å². The monoisotopic (exact) mass is 462 g/mol. The molecule has 3 heterocycles. The smallest absolute Gasteiger partial charge is 0.320 e. The number of hydrogen-bond acceptors (Lipinski definition) is 5. The number of halogens is 1. The van der Waals surface area contributed by atoms with Crippen LogP contribution < -0.4 is 10.0 Å². The summed E-state index contributed by atoms with van der Waals surface area (Å²) < 4.78 is 40.9. The quantitative estimate of drug-likeness (QED) is 0.633. The molecule has 9 nitrogen and oxygen atoms in total. The molecule has 1 saturated heterocycles. The molecule has 172 valence electrons. The molecule has 32 heavy (non-hydrogen) atoms. The number of aromatic nitrogens is 2. The van der Waals surface area contributed by atoms with Crippen LogP contribution in [0.1, 0.15) is 50.3 Å². The minimum absolute atomic E-state index is 0.0206. The fourth-order valence-corrected chi connectivity index (χ4v) is 6.25. The molecule has 11 heteroatoms. The fraction of sp³-hybridized carbons (Fsp3) is 0.524. The largest absolute Gasteiger partial charge is 0.336 e. The van der Waals surface area contributed by atoms with Gasteiger partial charge in [0.25, 0.3) is 0 Å². The molecule has 2 fully saturated rings. The number of hydrogen-bond donors (Lipinski definition) is 3. The van der Waals surface area contributed by atoms with E-state index < -0.39 is 15.8 Å². The first kappa shape index (κ1) is 21.2. The van der Waals surface area contributed by atoms with E-state index in [1.165, 1.54) is 12.1 Å². The number of urea groups is 1. The second kappa shape index (κ2) is 7.73. The molecule has 3 N–H and O–H groups in total. The maximum atomic E-state index is 14.8. The third-order valence-corrected chi connectivity index (χ3v) is 8.26. The van der Waals surface area contributed by atoms with Gasteiger partial charge in [0, 0.05) is 55.0 Å². The predicted molar refractivity (Wildman–Crippen MR) is 117 cm³/mol. The van der Waals surface area contributed by atoms with Crippen LogP contribution in [0.4, 0.5) is 20.7 Å². The molecule has 1 aromatic heterocycles. The molecule has 2 amide bonds. The molecule has 2 aliphatic heterocycles. The van der Waals surface area contributed by atoms with Crippen LogP contribution in [0.15, 0.2) is 23.1 Å². The van der Waals surface area contributed by atoms with Gasteiger partial charge in [-0.2, -0.15) is 5.10 Å². The maximum Gasteiger partial charge on any atom is 0.320 e. The van der Waals surface area contributed by atoms with E-state index in [1.54, 1.807) is 0 Å². The Hall–Kier alpha value is -2.66. The van der Waals surface area contributed by atoms with E-state index in [0.29, 0.717) is 5.82 Å². The third-order valence-electron chi connectivity index (χ3n) is 6.77. The van der Waals surface area contributed by atoms with Crippen molar-refractivity contribution >= 4 is 27.6 Å². The van der Waals surface area contributed by atoms with E-state index in [0.717, 1.165) is 38.0 Å². The molecule has 0 bridgehead atoms. The summed E-state index contributed by atoms with van der Waals surface area (Å²) in [6, 6.07) is 5.24. The van der Waals surface area contributed by atoms with Gasteiger partial charge in [0.2, 0.25) is 10.0 Å². The maximum absolute atomic E-state index is 14.8. The summed E-state index contributed by atoms with van der Waals surface area (Å²) in [5.74, 6) is 0.131. The Kier molecular flexibility index (Phi) is 5.12. The molecule has 0 radical (unpaired) electrons. The Morgan fingerprint density at radius 3 is 2.81 bits per heavy atom. The number of H-pyrrole nitrogens is 1. The van der Waals surface area contributed by atoms with Crippen molar-refractivity contribution in [3.63, 3.8) is 0 Å². The predicted octanol–water partition coefficient (Wildman–Crippen LogP) is 2.87. The summed E-state index contributed by atoms with van der Waals surface area (Å²) in [5.41, 5.74) is 1.27. The van der Waals surface area contributed by atoms with Gasteiger partial charge in [0.05, 0.1) is 10.6 Å². The lowest BCUT2D eigenvalue weighted by Gasteiger charge is -2.26. The van der Waals surface area contributed by atoms with Crippen molar-refractivity contribution in [2.75, 3.05) is 18.4 Å². The first-order valence-corrected chi connectivity index (χ1v) is 12.4. The van der Waals surface area contributed by atoms with Gasteiger partial charge in [-0.15, -0.1) is 0 Å². The summed E-state index contributed by atoms with van der Waals surface area (Å²) in [6.07, 6.45) is 2.77. The Bertz CT molecular complexity index is 1160. The lowest BCUT2D eigenvalue weighted by atomic mass is 10.0. The molecule has 2 aromatic rings. The van der Waals surface area contributed by atoms with Crippen LogP contribution in [0.25, 0.3) is 0 Å². The SMILES string of the molecule is CC(C)N1CCN([C@H]2CC[C@@H](c3cc(Nc4ccc5c(c4F)CNS5(=O)=O)n[nH]3)C2)C1=O. The van der Waals surface area contributed by atoms with E-state index >= 15 is 0 Å². The normalized spacial score (nSPS) is 24.6. The number of amides is 2. The number of fused-ring (bicyclic) bond motifs is 1. The lowest BCUT2D eigenvalue weighted by Crippen LogP contribution is -2.40. The van der Waals surface area contributed by atoms with Gasteiger partial charge in [-0.05, 0) is 45.2 Å². The molecule has 1 saturated carbocycles. The third kappa shape index (κ3) is 3.53. The van der Waals surface area contributed by atoms with Gasteiger partial charge in [0.15, 0.2) is 11.6 Å². The van der Waals surface area contributed by atoms with E-state index in [2.05, 4.69) is 20.2 Å². The number of nitrogens with one attached hydrogen (secondary N) is 3. The second-order valence-corrected chi connectivity index (χ2v) is 10.7. The van der Waals surface area contributed by atoms with Crippen LogP contribution >= 0.6 is 0 Å².